The van der Waals surface area contributed by atoms with Crippen LogP contribution in [0.25, 0.3) is 0 Å². The van der Waals surface area contributed by atoms with Crippen LogP contribution < -0.4 is 10.3 Å². The van der Waals surface area contributed by atoms with Crippen LogP contribution in [0.15, 0.2) is 35.3 Å². The first-order valence-corrected chi connectivity index (χ1v) is 9.74. The van der Waals surface area contributed by atoms with E-state index in [1.165, 1.54) is 6.42 Å². The first-order valence-electron chi connectivity index (χ1n) is 9.36. The maximum atomic E-state index is 12.1. The van der Waals surface area contributed by atoms with Gasteiger partial charge in [-0.05, 0) is 37.8 Å². The minimum Gasteiger partial charge on any atom is -0.472 e. The van der Waals surface area contributed by atoms with Crippen molar-refractivity contribution in [1.82, 2.24) is 14.9 Å². The maximum absolute atomic E-state index is 12.1. The molecule has 0 aromatic carbocycles. The van der Waals surface area contributed by atoms with E-state index in [0.717, 1.165) is 43.6 Å². The Labute approximate surface area is 158 Å². The predicted molar refractivity (Wildman–Crippen MR) is 102 cm³/mol. The summed E-state index contributed by atoms with van der Waals surface area (Å²) in [6.45, 7) is 3.89. The van der Waals surface area contributed by atoms with Crippen LogP contribution in [-0.2, 0) is 6.42 Å². The Morgan fingerprint density at radius 3 is 2.81 bits per heavy atom. The topological polar surface area (TPSA) is 58.2 Å². The van der Waals surface area contributed by atoms with Crippen LogP contribution in [-0.4, -0.2) is 40.1 Å². The molecule has 5 nitrogen and oxygen atoms in total. The van der Waals surface area contributed by atoms with Crippen LogP contribution in [0.3, 0.4) is 0 Å². The first-order chi connectivity index (χ1) is 12.6. The number of hydrogen-bond donors (Lipinski definition) is 1. The number of aromatic amines is 1. The summed E-state index contributed by atoms with van der Waals surface area (Å²) in [7, 11) is 0. The summed E-state index contributed by atoms with van der Waals surface area (Å²) in [5.41, 5.74) is 2.02. The number of halogens is 1. The van der Waals surface area contributed by atoms with Gasteiger partial charge in [0.05, 0.1) is 5.02 Å². The van der Waals surface area contributed by atoms with Crippen molar-refractivity contribution in [3.63, 3.8) is 0 Å². The largest absolute Gasteiger partial charge is 0.472 e. The van der Waals surface area contributed by atoms with Crippen LogP contribution in [0.1, 0.15) is 43.4 Å². The number of hydrogen-bond acceptors (Lipinski definition) is 4. The molecule has 26 heavy (non-hydrogen) atoms. The molecule has 1 aliphatic heterocycles. The van der Waals surface area contributed by atoms with Crippen LogP contribution in [0.4, 0.5) is 0 Å². The Kier molecular flexibility index (Phi) is 5.00. The highest BCUT2D eigenvalue weighted by molar-refractivity contribution is 6.30. The third kappa shape index (κ3) is 3.64. The number of likely N-dealkylation sites (tertiary alicyclic amines) is 1. The van der Waals surface area contributed by atoms with E-state index in [2.05, 4.69) is 20.9 Å². The molecule has 1 N–H and O–H groups in total. The Morgan fingerprint density at radius 1 is 1.27 bits per heavy atom. The monoisotopic (exact) mass is 373 g/mol. The van der Waals surface area contributed by atoms with Gasteiger partial charge in [-0.15, -0.1) is 0 Å². The van der Waals surface area contributed by atoms with Crippen LogP contribution in [0, 0.1) is 0 Å². The summed E-state index contributed by atoms with van der Waals surface area (Å²) in [6.07, 6.45) is 6.00. The highest BCUT2D eigenvalue weighted by Crippen LogP contribution is 2.37. The lowest BCUT2D eigenvalue weighted by molar-refractivity contribution is -0.0100. The number of aromatic nitrogens is 2. The van der Waals surface area contributed by atoms with E-state index in [0.29, 0.717) is 22.9 Å². The minimum absolute atomic E-state index is 0.0707. The molecule has 2 aromatic rings. The van der Waals surface area contributed by atoms with Crippen molar-refractivity contribution in [3.8, 4) is 5.88 Å². The number of aryl methyl sites for hydroxylation is 1. The van der Waals surface area contributed by atoms with Crippen molar-refractivity contribution in [1.29, 1.82) is 0 Å². The summed E-state index contributed by atoms with van der Waals surface area (Å²) in [6, 6.07) is 8.27. The zero-order valence-electron chi connectivity index (χ0n) is 15.0. The second kappa shape index (κ2) is 7.41. The van der Waals surface area contributed by atoms with Crippen LogP contribution >= 0.6 is 11.6 Å². The molecular formula is C20H24ClN3O2. The van der Waals surface area contributed by atoms with Crippen molar-refractivity contribution in [3.05, 3.63) is 57.1 Å². The molecule has 2 aliphatic rings. The SMILES string of the molecule is CCc1ccc(C2CCC(N3CC(Oc4ccc(Cl)cn4)C3)C2)[nH]c1=O. The zero-order valence-corrected chi connectivity index (χ0v) is 15.7. The molecule has 2 aromatic heterocycles. The van der Waals surface area contributed by atoms with Crippen molar-refractivity contribution < 1.29 is 4.74 Å². The fraction of sp³-hybridized carbons (Fsp3) is 0.500. The molecule has 2 fully saturated rings. The smallest absolute Gasteiger partial charge is 0.251 e. The van der Waals surface area contributed by atoms with Gasteiger partial charge in [0.15, 0.2) is 0 Å². The van der Waals surface area contributed by atoms with Crippen molar-refractivity contribution >= 4 is 11.6 Å². The number of rotatable bonds is 5. The molecule has 1 aliphatic carbocycles. The summed E-state index contributed by atoms with van der Waals surface area (Å²) in [5.74, 6) is 1.09. The molecule has 3 heterocycles. The Morgan fingerprint density at radius 2 is 2.12 bits per heavy atom. The molecule has 1 saturated carbocycles. The minimum atomic E-state index is 0.0707. The van der Waals surface area contributed by atoms with E-state index in [1.54, 1.807) is 12.3 Å². The third-order valence-corrected chi connectivity index (χ3v) is 5.84. The van der Waals surface area contributed by atoms with Gasteiger partial charge in [0.25, 0.3) is 5.56 Å². The highest BCUT2D eigenvalue weighted by atomic mass is 35.5. The fourth-order valence-electron chi connectivity index (χ4n) is 4.05. The zero-order chi connectivity index (χ0) is 18.1. The Bertz CT molecular complexity index is 815. The second-order valence-electron chi connectivity index (χ2n) is 7.29. The summed E-state index contributed by atoms with van der Waals surface area (Å²) in [5, 5.41) is 0.620. The summed E-state index contributed by atoms with van der Waals surface area (Å²) in [4.78, 5) is 21.8. The normalized spacial score (nSPS) is 23.8. The van der Waals surface area contributed by atoms with Crippen LogP contribution in [0.2, 0.25) is 5.02 Å². The van der Waals surface area contributed by atoms with E-state index in [-0.39, 0.29) is 11.7 Å². The predicted octanol–water partition coefficient (Wildman–Crippen LogP) is 3.39. The number of pyridine rings is 2. The van der Waals surface area contributed by atoms with Crippen molar-refractivity contribution in [2.45, 2.75) is 50.7 Å². The molecule has 2 atom stereocenters. The number of ether oxygens (including phenoxy) is 1. The van der Waals surface area contributed by atoms with Gasteiger partial charge >= 0.3 is 0 Å². The van der Waals surface area contributed by atoms with Gasteiger partial charge in [-0.1, -0.05) is 24.6 Å². The molecule has 2 unspecified atom stereocenters. The maximum Gasteiger partial charge on any atom is 0.251 e. The van der Waals surface area contributed by atoms with Gasteiger partial charge < -0.3 is 9.72 Å². The highest BCUT2D eigenvalue weighted by Gasteiger charge is 2.38. The molecular weight excluding hydrogens is 350 g/mol. The number of nitrogens with zero attached hydrogens (tertiary/aromatic N) is 2. The molecule has 138 valence electrons. The quantitative estimate of drug-likeness (QED) is 0.872. The standard InChI is InChI=1S/C20H24ClN3O2/c1-2-13-4-7-18(23-20(13)25)14-3-6-16(9-14)24-11-17(12-24)26-19-8-5-15(21)10-22-19/h4-5,7-8,10,14,16-17H,2-3,6,9,11-12H2,1H3,(H,23,25). The lowest BCUT2D eigenvalue weighted by Gasteiger charge is -2.42. The molecule has 0 spiro atoms. The lowest BCUT2D eigenvalue weighted by atomic mass is 10.0. The average molecular weight is 374 g/mol. The van der Waals surface area contributed by atoms with Gasteiger partial charge in [-0.25, -0.2) is 4.98 Å². The van der Waals surface area contributed by atoms with E-state index in [9.17, 15) is 4.79 Å². The average Bonchev–Trinajstić information content (AvgIpc) is 3.08. The summed E-state index contributed by atoms with van der Waals surface area (Å²) < 4.78 is 5.89. The second-order valence-corrected chi connectivity index (χ2v) is 7.73. The lowest BCUT2D eigenvalue weighted by Crippen LogP contribution is -2.57. The van der Waals surface area contributed by atoms with E-state index in [1.807, 2.05) is 19.1 Å². The van der Waals surface area contributed by atoms with Crippen molar-refractivity contribution in [2.75, 3.05) is 13.1 Å². The van der Waals surface area contributed by atoms with Gasteiger partial charge in [0, 0.05) is 48.6 Å². The molecule has 1 saturated heterocycles. The fourth-order valence-corrected chi connectivity index (χ4v) is 4.16. The third-order valence-electron chi connectivity index (χ3n) is 5.62. The van der Waals surface area contributed by atoms with E-state index in [4.69, 9.17) is 16.3 Å². The van der Waals surface area contributed by atoms with Crippen LogP contribution in [0.5, 0.6) is 5.88 Å². The molecule has 6 heteroatoms. The molecule has 0 radical (unpaired) electrons. The van der Waals surface area contributed by atoms with Gasteiger partial charge in [-0.2, -0.15) is 0 Å². The van der Waals surface area contributed by atoms with Crippen molar-refractivity contribution in [2.24, 2.45) is 0 Å². The van der Waals surface area contributed by atoms with Gasteiger partial charge in [0.1, 0.15) is 6.10 Å². The van der Waals surface area contributed by atoms with E-state index < -0.39 is 0 Å². The molecule has 0 bridgehead atoms. The molecule has 0 amide bonds. The summed E-state index contributed by atoms with van der Waals surface area (Å²) >= 11 is 5.85. The van der Waals surface area contributed by atoms with Gasteiger partial charge in [-0.3, -0.25) is 9.69 Å². The Hall–Kier alpha value is -1.85. The Balaban J connectivity index is 1.29. The van der Waals surface area contributed by atoms with E-state index >= 15 is 0 Å². The molecule has 4 rings (SSSR count). The van der Waals surface area contributed by atoms with Gasteiger partial charge in [0.2, 0.25) is 5.88 Å². The number of H-pyrrole nitrogens is 1. The first kappa shape index (κ1) is 17.6. The number of nitrogens with one attached hydrogen (secondary N) is 1.